The number of ether oxygens (including phenoxy) is 2. The molecule has 0 amide bonds. The SMILES string of the molecule is COCCNCCSC1CCOC1C. The van der Waals surface area contributed by atoms with E-state index in [1.54, 1.807) is 7.11 Å². The van der Waals surface area contributed by atoms with Crippen molar-refractivity contribution in [2.24, 2.45) is 0 Å². The third kappa shape index (κ3) is 4.64. The maximum absolute atomic E-state index is 5.50. The van der Waals surface area contributed by atoms with Gasteiger partial charge in [0.25, 0.3) is 0 Å². The zero-order valence-corrected chi connectivity index (χ0v) is 9.94. The molecule has 1 rings (SSSR count). The molecule has 0 aromatic rings. The fourth-order valence-corrected chi connectivity index (χ4v) is 2.69. The fraction of sp³-hybridized carbons (Fsp3) is 1.00. The van der Waals surface area contributed by atoms with Crippen LogP contribution in [-0.4, -0.2) is 50.5 Å². The Bertz CT molecular complexity index is 146. The van der Waals surface area contributed by atoms with Crippen LogP contribution in [0.4, 0.5) is 0 Å². The van der Waals surface area contributed by atoms with Crippen LogP contribution in [0.5, 0.6) is 0 Å². The summed E-state index contributed by atoms with van der Waals surface area (Å²) in [7, 11) is 1.73. The van der Waals surface area contributed by atoms with Gasteiger partial charge in [-0.2, -0.15) is 11.8 Å². The van der Waals surface area contributed by atoms with Gasteiger partial charge in [-0.05, 0) is 13.3 Å². The average Bonchev–Trinajstić information content (AvgIpc) is 2.58. The third-order valence-corrected chi connectivity index (χ3v) is 3.89. The smallest absolute Gasteiger partial charge is 0.0666 e. The maximum atomic E-state index is 5.50. The molecule has 1 aliphatic heterocycles. The van der Waals surface area contributed by atoms with Crippen LogP contribution in [0.2, 0.25) is 0 Å². The zero-order valence-electron chi connectivity index (χ0n) is 9.12. The zero-order chi connectivity index (χ0) is 10.2. The van der Waals surface area contributed by atoms with Crippen LogP contribution in [-0.2, 0) is 9.47 Å². The first-order valence-electron chi connectivity index (χ1n) is 5.27. The first kappa shape index (κ1) is 12.3. The molecule has 0 aromatic carbocycles. The number of hydrogen-bond donors (Lipinski definition) is 1. The molecule has 1 N–H and O–H groups in total. The van der Waals surface area contributed by atoms with Gasteiger partial charge in [0.2, 0.25) is 0 Å². The molecule has 1 fully saturated rings. The third-order valence-electron chi connectivity index (χ3n) is 2.40. The van der Waals surface area contributed by atoms with Crippen LogP contribution >= 0.6 is 11.8 Å². The van der Waals surface area contributed by atoms with Gasteiger partial charge < -0.3 is 14.8 Å². The lowest BCUT2D eigenvalue weighted by atomic mass is 10.3. The number of thioether (sulfide) groups is 1. The molecule has 4 heteroatoms. The van der Waals surface area contributed by atoms with Crippen LogP contribution < -0.4 is 5.32 Å². The Kier molecular flexibility index (Phi) is 6.60. The standard InChI is InChI=1S/C10H21NO2S/c1-9-10(3-6-13-9)14-8-5-11-4-7-12-2/h9-11H,3-8H2,1-2H3. The molecule has 1 heterocycles. The van der Waals surface area contributed by atoms with E-state index < -0.39 is 0 Å². The summed E-state index contributed by atoms with van der Waals surface area (Å²) in [5.74, 6) is 1.17. The van der Waals surface area contributed by atoms with Crippen LogP contribution in [0, 0.1) is 0 Å². The summed E-state index contributed by atoms with van der Waals surface area (Å²) in [5, 5.41) is 4.05. The van der Waals surface area contributed by atoms with Gasteiger partial charge in [-0.1, -0.05) is 0 Å². The van der Waals surface area contributed by atoms with E-state index in [2.05, 4.69) is 12.2 Å². The van der Waals surface area contributed by atoms with Gasteiger partial charge in [0, 0.05) is 37.8 Å². The Morgan fingerprint density at radius 2 is 2.36 bits per heavy atom. The minimum Gasteiger partial charge on any atom is -0.383 e. The molecule has 1 saturated heterocycles. The lowest BCUT2D eigenvalue weighted by molar-refractivity contribution is 0.127. The molecule has 14 heavy (non-hydrogen) atoms. The van der Waals surface area contributed by atoms with Crippen LogP contribution in [0.15, 0.2) is 0 Å². The topological polar surface area (TPSA) is 30.5 Å². The van der Waals surface area contributed by atoms with Crippen molar-refractivity contribution >= 4 is 11.8 Å². The summed E-state index contributed by atoms with van der Waals surface area (Å²) in [6.45, 7) is 5.93. The Morgan fingerprint density at radius 3 is 3.00 bits per heavy atom. The van der Waals surface area contributed by atoms with Crippen molar-refractivity contribution in [2.45, 2.75) is 24.7 Å². The first-order valence-corrected chi connectivity index (χ1v) is 6.32. The molecule has 0 bridgehead atoms. The van der Waals surface area contributed by atoms with Gasteiger partial charge in [0.05, 0.1) is 12.7 Å². The second kappa shape index (κ2) is 7.51. The second-order valence-electron chi connectivity index (χ2n) is 3.52. The predicted molar refractivity (Wildman–Crippen MR) is 61.0 cm³/mol. The summed E-state index contributed by atoms with van der Waals surface area (Å²) in [5.41, 5.74) is 0. The van der Waals surface area contributed by atoms with Gasteiger partial charge >= 0.3 is 0 Å². The number of nitrogens with one attached hydrogen (secondary N) is 1. The van der Waals surface area contributed by atoms with E-state index in [4.69, 9.17) is 9.47 Å². The van der Waals surface area contributed by atoms with E-state index in [9.17, 15) is 0 Å². The van der Waals surface area contributed by atoms with Crippen molar-refractivity contribution in [1.29, 1.82) is 0 Å². The summed E-state index contributed by atoms with van der Waals surface area (Å²) in [6.07, 6.45) is 1.66. The number of hydrogen-bond acceptors (Lipinski definition) is 4. The summed E-state index contributed by atoms with van der Waals surface area (Å²) >= 11 is 2.02. The van der Waals surface area contributed by atoms with Gasteiger partial charge in [0.1, 0.15) is 0 Å². The molecule has 0 saturated carbocycles. The first-order chi connectivity index (χ1) is 6.84. The molecular formula is C10H21NO2S. The molecule has 1 aliphatic rings. The van der Waals surface area contributed by atoms with E-state index >= 15 is 0 Å². The quantitative estimate of drug-likeness (QED) is 0.650. The van der Waals surface area contributed by atoms with Crippen molar-refractivity contribution in [3.8, 4) is 0 Å². The summed E-state index contributed by atoms with van der Waals surface area (Å²) in [6, 6.07) is 0. The van der Waals surface area contributed by atoms with Crippen LogP contribution in [0.3, 0.4) is 0 Å². The highest BCUT2D eigenvalue weighted by Crippen LogP contribution is 2.25. The van der Waals surface area contributed by atoms with E-state index in [0.717, 1.165) is 26.3 Å². The Hall–Kier alpha value is 0.230. The number of rotatable bonds is 7. The highest BCUT2D eigenvalue weighted by atomic mass is 32.2. The van der Waals surface area contributed by atoms with Crippen molar-refractivity contribution in [1.82, 2.24) is 5.32 Å². The molecule has 0 aliphatic carbocycles. The van der Waals surface area contributed by atoms with E-state index in [1.807, 2.05) is 11.8 Å². The molecule has 2 atom stereocenters. The normalized spacial score (nSPS) is 27.0. The highest BCUT2D eigenvalue weighted by molar-refractivity contribution is 8.00. The number of methoxy groups -OCH3 is 1. The average molecular weight is 219 g/mol. The van der Waals surface area contributed by atoms with Crippen molar-refractivity contribution in [3.63, 3.8) is 0 Å². The Labute approximate surface area is 90.9 Å². The molecule has 3 nitrogen and oxygen atoms in total. The minimum atomic E-state index is 0.443. The maximum Gasteiger partial charge on any atom is 0.0666 e. The van der Waals surface area contributed by atoms with Gasteiger partial charge in [0.15, 0.2) is 0 Å². The summed E-state index contributed by atoms with van der Waals surface area (Å²) < 4.78 is 10.4. The Morgan fingerprint density at radius 1 is 1.50 bits per heavy atom. The molecule has 2 unspecified atom stereocenters. The minimum absolute atomic E-state index is 0.443. The van der Waals surface area contributed by atoms with Crippen molar-refractivity contribution in [2.75, 3.05) is 39.2 Å². The summed E-state index contributed by atoms with van der Waals surface area (Å²) in [4.78, 5) is 0. The lowest BCUT2D eigenvalue weighted by Crippen LogP contribution is -2.23. The fourth-order valence-electron chi connectivity index (χ4n) is 1.51. The van der Waals surface area contributed by atoms with Gasteiger partial charge in [-0.25, -0.2) is 0 Å². The monoisotopic (exact) mass is 219 g/mol. The van der Waals surface area contributed by atoms with Gasteiger partial charge in [-0.3, -0.25) is 0 Å². The van der Waals surface area contributed by atoms with Crippen molar-refractivity contribution < 1.29 is 9.47 Å². The lowest BCUT2D eigenvalue weighted by Gasteiger charge is -2.13. The highest BCUT2D eigenvalue weighted by Gasteiger charge is 2.23. The van der Waals surface area contributed by atoms with Crippen LogP contribution in [0.1, 0.15) is 13.3 Å². The molecule has 84 valence electrons. The van der Waals surface area contributed by atoms with E-state index in [-0.39, 0.29) is 0 Å². The van der Waals surface area contributed by atoms with E-state index in [1.165, 1.54) is 12.2 Å². The molecule has 0 radical (unpaired) electrons. The Balaban J connectivity index is 1.88. The van der Waals surface area contributed by atoms with Crippen LogP contribution in [0.25, 0.3) is 0 Å². The molecule has 0 spiro atoms. The van der Waals surface area contributed by atoms with E-state index in [0.29, 0.717) is 11.4 Å². The largest absolute Gasteiger partial charge is 0.383 e. The van der Waals surface area contributed by atoms with Gasteiger partial charge in [-0.15, -0.1) is 0 Å². The second-order valence-corrected chi connectivity index (χ2v) is 4.86. The molecule has 0 aromatic heterocycles. The van der Waals surface area contributed by atoms with Crippen molar-refractivity contribution in [3.05, 3.63) is 0 Å². The predicted octanol–water partition coefficient (Wildman–Crippen LogP) is 1.13. The molecular weight excluding hydrogens is 198 g/mol.